The van der Waals surface area contributed by atoms with Gasteiger partial charge in [0, 0.05) is 31.4 Å². The molecule has 10 heteroatoms. The number of piperidine rings is 1. The van der Waals surface area contributed by atoms with Crippen molar-refractivity contribution in [2.45, 2.75) is 26.0 Å². The van der Waals surface area contributed by atoms with E-state index < -0.39 is 0 Å². The minimum Gasteiger partial charge on any atom is -0.486 e. The molecule has 0 radical (unpaired) electrons. The second-order valence-corrected chi connectivity index (χ2v) is 9.15. The molecule has 4 aromatic rings. The van der Waals surface area contributed by atoms with Crippen LogP contribution in [0, 0.1) is 5.92 Å². The first-order valence-corrected chi connectivity index (χ1v) is 12.1. The van der Waals surface area contributed by atoms with Crippen LogP contribution >= 0.6 is 11.6 Å². The van der Waals surface area contributed by atoms with Crippen LogP contribution in [0.4, 0.5) is 5.82 Å². The molecule has 0 bridgehead atoms. The Morgan fingerprint density at radius 3 is 2.92 bits per heavy atom. The highest BCUT2D eigenvalue weighted by Gasteiger charge is 2.25. The van der Waals surface area contributed by atoms with E-state index in [0.717, 1.165) is 30.6 Å². The second-order valence-electron chi connectivity index (χ2n) is 8.74. The number of nitrogens with zero attached hydrogens (tertiary/aromatic N) is 6. The number of anilines is 1. The zero-order valence-corrected chi connectivity index (χ0v) is 20.4. The zero-order chi connectivity index (χ0) is 25.1. The lowest BCUT2D eigenvalue weighted by Gasteiger charge is -2.32. The number of hydrogen-bond acceptors (Lipinski definition) is 7. The molecule has 1 amide bonds. The number of benzene rings is 1. The van der Waals surface area contributed by atoms with Crippen LogP contribution in [0.25, 0.3) is 22.3 Å². The van der Waals surface area contributed by atoms with Crippen LogP contribution in [0.1, 0.15) is 18.5 Å². The minimum absolute atomic E-state index is 0.0442. The Balaban J connectivity index is 1.42. The molecule has 1 aliphatic rings. The monoisotopic (exact) mass is 503 g/mol. The van der Waals surface area contributed by atoms with Crippen molar-refractivity contribution in [2.75, 3.05) is 18.8 Å². The number of rotatable bonds is 7. The Morgan fingerprint density at radius 1 is 1.25 bits per heavy atom. The summed E-state index contributed by atoms with van der Waals surface area (Å²) in [6.45, 7) is 5.92. The Labute approximate surface area is 213 Å². The van der Waals surface area contributed by atoms with E-state index in [-0.39, 0.29) is 11.8 Å². The van der Waals surface area contributed by atoms with Crippen molar-refractivity contribution >= 4 is 34.4 Å². The third kappa shape index (κ3) is 4.87. The first kappa shape index (κ1) is 23.7. The molecule has 3 aromatic heterocycles. The molecule has 9 nitrogen and oxygen atoms in total. The summed E-state index contributed by atoms with van der Waals surface area (Å²) in [5.74, 6) is 1.09. The first-order valence-electron chi connectivity index (χ1n) is 11.7. The molecule has 4 heterocycles. The number of fused-ring (bicyclic) bond motifs is 1. The van der Waals surface area contributed by atoms with Crippen LogP contribution in [0.3, 0.4) is 0 Å². The maximum Gasteiger partial charge on any atom is 0.245 e. The normalized spacial score (nSPS) is 15.7. The number of amides is 1. The number of pyridine rings is 1. The van der Waals surface area contributed by atoms with Gasteiger partial charge in [0.2, 0.25) is 5.91 Å². The highest BCUT2D eigenvalue weighted by molar-refractivity contribution is 6.32. The fourth-order valence-electron chi connectivity index (χ4n) is 4.55. The molecule has 1 aliphatic heterocycles. The summed E-state index contributed by atoms with van der Waals surface area (Å²) in [6.07, 6.45) is 6.45. The Morgan fingerprint density at radius 2 is 2.14 bits per heavy atom. The summed E-state index contributed by atoms with van der Waals surface area (Å²) < 4.78 is 7.72. The highest BCUT2D eigenvalue weighted by Crippen LogP contribution is 2.35. The van der Waals surface area contributed by atoms with Gasteiger partial charge >= 0.3 is 0 Å². The molecule has 0 spiro atoms. The molecule has 0 unspecified atom stereocenters. The third-order valence-corrected chi connectivity index (χ3v) is 6.60. The van der Waals surface area contributed by atoms with Crippen LogP contribution in [-0.2, 0) is 17.9 Å². The number of aromatic nitrogens is 5. The van der Waals surface area contributed by atoms with Gasteiger partial charge in [0.1, 0.15) is 30.2 Å². The summed E-state index contributed by atoms with van der Waals surface area (Å²) in [6, 6.07) is 11.2. The van der Waals surface area contributed by atoms with Crippen LogP contribution in [0.2, 0.25) is 5.02 Å². The molecule has 5 rings (SSSR count). The van der Waals surface area contributed by atoms with E-state index in [0.29, 0.717) is 53.0 Å². The molecular formula is C26H26ClN7O2. The van der Waals surface area contributed by atoms with Gasteiger partial charge in [0.25, 0.3) is 0 Å². The van der Waals surface area contributed by atoms with Gasteiger partial charge in [-0.25, -0.2) is 14.6 Å². The highest BCUT2D eigenvalue weighted by atomic mass is 35.5. The molecule has 1 aromatic carbocycles. The second kappa shape index (κ2) is 10.3. The van der Waals surface area contributed by atoms with E-state index in [2.05, 4.69) is 21.5 Å². The van der Waals surface area contributed by atoms with E-state index >= 15 is 0 Å². The lowest BCUT2D eigenvalue weighted by molar-refractivity contribution is -0.127. The number of likely N-dealkylation sites (tertiary alicyclic amines) is 1. The lowest BCUT2D eigenvalue weighted by Crippen LogP contribution is -2.40. The molecule has 184 valence electrons. The van der Waals surface area contributed by atoms with Gasteiger partial charge in [0.05, 0.1) is 16.1 Å². The summed E-state index contributed by atoms with van der Waals surface area (Å²) in [4.78, 5) is 26.9. The maximum atomic E-state index is 12.1. The van der Waals surface area contributed by atoms with Crippen molar-refractivity contribution in [3.63, 3.8) is 0 Å². The predicted molar refractivity (Wildman–Crippen MR) is 138 cm³/mol. The van der Waals surface area contributed by atoms with Crippen LogP contribution in [-0.4, -0.2) is 48.6 Å². The summed E-state index contributed by atoms with van der Waals surface area (Å²) in [5.41, 5.74) is 9.16. The average molecular weight is 504 g/mol. The Kier molecular flexibility index (Phi) is 6.81. The maximum absolute atomic E-state index is 12.1. The fraction of sp³-hybridized carbons (Fsp3) is 0.269. The van der Waals surface area contributed by atoms with Crippen molar-refractivity contribution in [1.29, 1.82) is 0 Å². The summed E-state index contributed by atoms with van der Waals surface area (Å²) in [5, 5.41) is 5.99. The molecular weight excluding hydrogens is 478 g/mol. The average Bonchev–Trinajstić information content (AvgIpc) is 3.27. The van der Waals surface area contributed by atoms with Gasteiger partial charge in [-0.15, -0.1) is 0 Å². The van der Waals surface area contributed by atoms with Crippen molar-refractivity contribution in [1.82, 2.24) is 29.6 Å². The van der Waals surface area contributed by atoms with Crippen LogP contribution in [0.5, 0.6) is 5.75 Å². The number of halogens is 1. The van der Waals surface area contributed by atoms with Gasteiger partial charge in [0.15, 0.2) is 5.65 Å². The Bertz CT molecular complexity index is 1410. The SMILES string of the molecule is C=CC(=O)N1CCC[C@H](Cn2nc(-c3ccc(OCc4ccccn4)c(Cl)c3)c3c(N)ncnc32)C1. The topological polar surface area (TPSA) is 112 Å². The number of nitrogen functional groups attached to an aromatic ring is 1. The number of hydrogen-bond donors (Lipinski definition) is 1. The molecule has 2 N–H and O–H groups in total. The van der Waals surface area contributed by atoms with Crippen LogP contribution < -0.4 is 10.5 Å². The zero-order valence-electron chi connectivity index (χ0n) is 19.7. The number of carbonyl (C=O) groups excluding carboxylic acids is 1. The molecule has 1 fully saturated rings. The minimum atomic E-state index is -0.0442. The predicted octanol–water partition coefficient (Wildman–Crippen LogP) is 4.13. The van der Waals surface area contributed by atoms with Crippen molar-refractivity contribution in [2.24, 2.45) is 5.92 Å². The third-order valence-electron chi connectivity index (χ3n) is 6.30. The quantitative estimate of drug-likeness (QED) is 0.377. The van der Waals surface area contributed by atoms with Gasteiger partial charge in [-0.2, -0.15) is 5.10 Å². The smallest absolute Gasteiger partial charge is 0.245 e. The first-order chi connectivity index (χ1) is 17.5. The van der Waals surface area contributed by atoms with Gasteiger partial charge in [-0.3, -0.25) is 9.78 Å². The van der Waals surface area contributed by atoms with E-state index in [1.54, 1.807) is 12.3 Å². The van der Waals surface area contributed by atoms with Crippen molar-refractivity contribution in [3.05, 3.63) is 72.3 Å². The molecule has 1 saturated heterocycles. The lowest BCUT2D eigenvalue weighted by atomic mass is 9.98. The number of nitrogens with two attached hydrogens (primary N) is 1. The molecule has 1 atom stereocenters. The molecule has 0 aliphatic carbocycles. The summed E-state index contributed by atoms with van der Waals surface area (Å²) in [7, 11) is 0. The van der Waals surface area contributed by atoms with Gasteiger partial charge < -0.3 is 15.4 Å². The number of ether oxygens (including phenoxy) is 1. The molecule has 0 saturated carbocycles. The van der Waals surface area contributed by atoms with Gasteiger partial charge in [-0.05, 0) is 55.2 Å². The Hall–Kier alpha value is -3.98. The number of carbonyl (C=O) groups is 1. The van der Waals surface area contributed by atoms with E-state index in [1.807, 2.05) is 39.9 Å². The largest absolute Gasteiger partial charge is 0.486 e. The van der Waals surface area contributed by atoms with E-state index in [9.17, 15) is 4.79 Å². The molecule has 36 heavy (non-hydrogen) atoms. The summed E-state index contributed by atoms with van der Waals surface area (Å²) >= 11 is 6.57. The standard InChI is InChI=1S/C26H26ClN7O2/c1-2-22(35)33-11-5-6-17(13-33)14-34-26-23(25(28)30-16-31-26)24(32-34)18-8-9-21(20(27)12-18)36-15-19-7-3-4-10-29-19/h2-4,7-10,12,16-17H,1,5-6,11,13-15H2,(H2,28,30,31)/t17-/m0/s1. The van der Waals surface area contributed by atoms with Gasteiger partial charge in [-0.1, -0.05) is 24.2 Å². The van der Waals surface area contributed by atoms with Crippen LogP contribution in [0.15, 0.2) is 61.6 Å². The van der Waals surface area contributed by atoms with E-state index in [4.69, 9.17) is 27.2 Å². The fourth-order valence-corrected chi connectivity index (χ4v) is 4.78. The van der Waals surface area contributed by atoms with E-state index in [1.165, 1.54) is 12.4 Å². The van der Waals surface area contributed by atoms with Crippen molar-refractivity contribution in [3.8, 4) is 17.0 Å². The van der Waals surface area contributed by atoms with Crippen molar-refractivity contribution < 1.29 is 9.53 Å².